The fourth-order valence-corrected chi connectivity index (χ4v) is 3.06. The molecule has 29 heavy (non-hydrogen) atoms. The summed E-state index contributed by atoms with van der Waals surface area (Å²) in [4.78, 5) is 12.5. The molecule has 1 aromatic heterocycles. The molecule has 3 aromatic rings. The van der Waals surface area contributed by atoms with Crippen molar-refractivity contribution in [2.45, 2.75) is 18.8 Å². The van der Waals surface area contributed by atoms with Gasteiger partial charge in [-0.25, -0.2) is 0 Å². The summed E-state index contributed by atoms with van der Waals surface area (Å²) < 4.78 is 6.84. The minimum absolute atomic E-state index is 0.332. The Bertz CT molecular complexity index is 990. The fraction of sp³-hybridized carbons (Fsp3) is 0.273. The quantitative estimate of drug-likeness (QED) is 0.598. The Hall–Kier alpha value is -3.66. The van der Waals surface area contributed by atoms with Crippen LogP contribution in [0.5, 0.6) is 5.75 Å². The van der Waals surface area contributed by atoms with Gasteiger partial charge in [0.05, 0.1) is 13.2 Å². The Morgan fingerprint density at radius 2 is 1.90 bits per heavy atom. The van der Waals surface area contributed by atoms with Crippen LogP contribution in [-0.2, 0) is 18.3 Å². The molecule has 3 rings (SSSR count). The third-order valence-corrected chi connectivity index (χ3v) is 4.69. The first-order valence-electron chi connectivity index (χ1n) is 9.39. The second kappa shape index (κ2) is 9.51. The molecule has 1 atom stereocenters. The van der Waals surface area contributed by atoms with Gasteiger partial charge in [0.2, 0.25) is 5.91 Å². The molecule has 7 heteroatoms. The molecule has 0 aliphatic rings. The lowest BCUT2D eigenvalue weighted by molar-refractivity contribution is -0.121. The average Bonchev–Trinajstić information content (AvgIpc) is 3.14. The van der Waals surface area contributed by atoms with Gasteiger partial charge in [0, 0.05) is 19.2 Å². The average molecular weight is 389 g/mol. The monoisotopic (exact) mass is 389 g/mol. The van der Waals surface area contributed by atoms with E-state index in [1.54, 1.807) is 18.7 Å². The summed E-state index contributed by atoms with van der Waals surface area (Å²) in [5.74, 6) is 0.396. The van der Waals surface area contributed by atoms with Gasteiger partial charge in [-0.05, 0) is 30.5 Å². The molecule has 148 valence electrons. The second-order valence-corrected chi connectivity index (χ2v) is 6.61. The number of carbonyl (C=O) groups excluding carboxylic acids is 1. The summed E-state index contributed by atoms with van der Waals surface area (Å²) in [6.45, 7) is 0.479. The summed E-state index contributed by atoms with van der Waals surface area (Å²) in [6.07, 6.45) is 1.59. The number of carbonyl (C=O) groups is 1. The maximum atomic E-state index is 12.5. The van der Waals surface area contributed by atoms with E-state index in [2.05, 4.69) is 15.5 Å². The Balaban J connectivity index is 1.58. The zero-order chi connectivity index (χ0) is 20.6. The molecule has 0 saturated heterocycles. The van der Waals surface area contributed by atoms with E-state index in [0.717, 1.165) is 29.7 Å². The zero-order valence-corrected chi connectivity index (χ0v) is 16.5. The van der Waals surface area contributed by atoms with Gasteiger partial charge in [0.15, 0.2) is 17.6 Å². The van der Waals surface area contributed by atoms with Gasteiger partial charge in [0.1, 0.15) is 5.75 Å². The summed E-state index contributed by atoms with van der Waals surface area (Å²) in [5, 5.41) is 20.6. The van der Waals surface area contributed by atoms with E-state index in [1.165, 1.54) is 0 Å². The first kappa shape index (κ1) is 20.1. The molecular weight excluding hydrogens is 366 g/mol. The predicted octanol–water partition coefficient (Wildman–Crippen LogP) is 2.85. The van der Waals surface area contributed by atoms with Crippen LogP contribution in [0.3, 0.4) is 0 Å². The molecule has 7 nitrogen and oxygen atoms in total. The standard InChI is InChI=1S/C22H23N5O2/c1-27-20(17-8-4-3-5-9-17)25-26-21(27)19(15-23)22(28)24-14-6-7-16-10-12-18(29-2)13-11-16/h3-5,8-13,19H,6-7,14H2,1-2H3,(H,24,28)/t19-/m1/s1. The van der Waals surface area contributed by atoms with Crippen LogP contribution in [0.1, 0.15) is 23.7 Å². The van der Waals surface area contributed by atoms with E-state index >= 15 is 0 Å². The number of nitriles is 1. The normalized spacial score (nSPS) is 11.5. The maximum Gasteiger partial charge on any atom is 0.245 e. The SMILES string of the molecule is COc1ccc(CCCNC(=O)[C@H](C#N)c2nnc(-c3ccccc3)n2C)cc1. The van der Waals surface area contributed by atoms with Crippen LogP contribution < -0.4 is 10.1 Å². The Morgan fingerprint density at radius 1 is 1.17 bits per heavy atom. The van der Waals surface area contributed by atoms with E-state index in [1.807, 2.05) is 60.7 Å². The van der Waals surface area contributed by atoms with Crippen molar-refractivity contribution in [2.24, 2.45) is 7.05 Å². The van der Waals surface area contributed by atoms with Crippen LogP contribution >= 0.6 is 0 Å². The third kappa shape index (κ3) is 4.79. The van der Waals surface area contributed by atoms with Crippen LogP contribution in [-0.4, -0.2) is 34.3 Å². The third-order valence-electron chi connectivity index (χ3n) is 4.69. The van der Waals surface area contributed by atoms with Gasteiger partial charge in [-0.1, -0.05) is 42.5 Å². The number of nitrogens with one attached hydrogen (secondary N) is 1. The lowest BCUT2D eigenvalue weighted by Crippen LogP contribution is -2.31. The number of hydrogen-bond acceptors (Lipinski definition) is 5. The van der Waals surface area contributed by atoms with Gasteiger partial charge in [-0.15, -0.1) is 10.2 Å². The largest absolute Gasteiger partial charge is 0.497 e. The molecule has 0 fully saturated rings. The van der Waals surface area contributed by atoms with Crippen LogP contribution in [0.25, 0.3) is 11.4 Å². The molecule has 2 aromatic carbocycles. The molecule has 0 unspecified atom stereocenters. The first-order valence-corrected chi connectivity index (χ1v) is 9.39. The fourth-order valence-electron chi connectivity index (χ4n) is 3.06. The zero-order valence-electron chi connectivity index (χ0n) is 16.5. The molecule has 0 bridgehead atoms. The summed E-state index contributed by atoms with van der Waals surface area (Å²) in [7, 11) is 3.40. The topological polar surface area (TPSA) is 92.8 Å². The van der Waals surface area contributed by atoms with Crippen molar-refractivity contribution in [3.05, 3.63) is 66.0 Å². The number of aryl methyl sites for hydroxylation is 1. The van der Waals surface area contributed by atoms with E-state index in [0.29, 0.717) is 18.2 Å². The van der Waals surface area contributed by atoms with Crippen LogP contribution in [0, 0.1) is 11.3 Å². The van der Waals surface area contributed by atoms with Gasteiger partial charge in [-0.3, -0.25) is 4.79 Å². The lowest BCUT2D eigenvalue weighted by Gasteiger charge is -2.11. The maximum absolute atomic E-state index is 12.5. The first-order chi connectivity index (χ1) is 14.1. The molecule has 1 heterocycles. The van der Waals surface area contributed by atoms with Crippen molar-refractivity contribution in [3.63, 3.8) is 0 Å². The lowest BCUT2D eigenvalue weighted by atomic mass is 10.1. The van der Waals surface area contributed by atoms with E-state index in [9.17, 15) is 10.1 Å². The van der Waals surface area contributed by atoms with Crippen molar-refractivity contribution in [1.82, 2.24) is 20.1 Å². The van der Waals surface area contributed by atoms with Gasteiger partial charge in [0.25, 0.3) is 0 Å². The number of aromatic nitrogens is 3. The highest BCUT2D eigenvalue weighted by Gasteiger charge is 2.26. The van der Waals surface area contributed by atoms with Crippen LogP contribution in [0.15, 0.2) is 54.6 Å². The highest BCUT2D eigenvalue weighted by molar-refractivity contribution is 5.85. The summed E-state index contributed by atoms with van der Waals surface area (Å²) in [6, 6.07) is 19.4. The van der Waals surface area contributed by atoms with Gasteiger partial charge < -0.3 is 14.6 Å². The summed E-state index contributed by atoms with van der Waals surface area (Å²) >= 11 is 0. The number of methoxy groups -OCH3 is 1. The van der Waals surface area contributed by atoms with E-state index in [-0.39, 0.29) is 5.91 Å². The Labute approximate surface area is 170 Å². The van der Waals surface area contributed by atoms with Crippen molar-refractivity contribution < 1.29 is 9.53 Å². The Morgan fingerprint density at radius 3 is 2.55 bits per heavy atom. The number of benzene rings is 2. The number of nitrogens with zero attached hydrogens (tertiary/aromatic N) is 4. The van der Waals surface area contributed by atoms with Crippen LogP contribution in [0.4, 0.5) is 0 Å². The van der Waals surface area contributed by atoms with E-state index in [4.69, 9.17) is 4.74 Å². The molecule has 1 amide bonds. The van der Waals surface area contributed by atoms with Gasteiger partial charge >= 0.3 is 0 Å². The molecule has 0 aliphatic heterocycles. The van der Waals surface area contributed by atoms with Crippen LogP contribution in [0.2, 0.25) is 0 Å². The predicted molar refractivity (Wildman–Crippen MR) is 109 cm³/mol. The van der Waals surface area contributed by atoms with Crippen molar-refractivity contribution in [3.8, 4) is 23.2 Å². The molecule has 0 radical (unpaired) electrons. The highest BCUT2D eigenvalue weighted by Crippen LogP contribution is 2.21. The molecule has 0 spiro atoms. The molecular formula is C22H23N5O2. The molecule has 0 aliphatic carbocycles. The number of ether oxygens (including phenoxy) is 1. The Kier molecular flexibility index (Phi) is 6.59. The highest BCUT2D eigenvalue weighted by atomic mass is 16.5. The second-order valence-electron chi connectivity index (χ2n) is 6.61. The summed E-state index contributed by atoms with van der Waals surface area (Å²) in [5.41, 5.74) is 2.04. The molecule has 1 N–H and O–H groups in total. The molecule has 0 saturated carbocycles. The van der Waals surface area contributed by atoms with Crippen molar-refractivity contribution >= 4 is 5.91 Å². The number of hydrogen-bond donors (Lipinski definition) is 1. The minimum Gasteiger partial charge on any atom is -0.497 e. The minimum atomic E-state index is -1.01. The smallest absolute Gasteiger partial charge is 0.245 e. The van der Waals surface area contributed by atoms with Gasteiger partial charge in [-0.2, -0.15) is 5.26 Å². The van der Waals surface area contributed by atoms with Crippen molar-refractivity contribution in [2.75, 3.05) is 13.7 Å². The van der Waals surface area contributed by atoms with Crippen molar-refractivity contribution in [1.29, 1.82) is 5.26 Å². The van der Waals surface area contributed by atoms with E-state index < -0.39 is 5.92 Å². The number of amides is 1. The number of rotatable bonds is 8.